The fourth-order valence-electron chi connectivity index (χ4n) is 6.39. The molecule has 44 heavy (non-hydrogen) atoms. The number of hydrogen-bond acceptors (Lipinski definition) is 6. The minimum atomic E-state index is -1.03. The standard InChI is InChI=1S/C34H43N3O7/c1-35-31-9-5-4-8-28(31)29(20-32(35)38)27-12-13-36(34(40)41)22-30(27)33(39)37(25-10-11-25)21-24-17-23(7-6-14-42-2)18-26(19-24)44-16-15-43-3/h4-5,8-9,17-20,25,27,30H,6-7,10-16,21-22H2,1-3H3,(H,40,41). The van der Waals surface area contributed by atoms with Crippen molar-refractivity contribution in [2.45, 2.75) is 50.6 Å². The van der Waals surface area contributed by atoms with Crippen molar-refractivity contribution in [1.29, 1.82) is 0 Å². The second-order valence-corrected chi connectivity index (χ2v) is 11.9. The van der Waals surface area contributed by atoms with Crippen molar-refractivity contribution < 1.29 is 28.9 Å². The number of ether oxygens (including phenoxy) is 3. The number of amides is 2. The zero-order valence-electron chi connectivity index (χ0n) is 25.9. The number of methoxy groups -OCH3 is 2. The normalized spacial score (nSPS) is 18.4. The van der Waals surface area contributed by atoms with Crippen LogP contribution >= 0.6 is 0 Å². The average Bonchev–Trinajstić information content (AvgIpc) is 3.87. The van der Waals surface area contributed by atoms with Crippen LogP contribution in [0.3, 0.4) is 0 Å². The third-order valence-corrected chi connectivity index (χ3v) is 8.81. The summed E-state index contributed by atoms with van der Waals surface area (Å²) in [6, 6.07) is 15.6. The maximum absolute atomic E-state index is 14.6. The summed E-state index contributed by atoms with van der Waals surface area (Å²) in [6.45, 7) is 2.34. The van der Waals surface area contributed by atoms with Crippen LogP contribution in [0.5, 0.6) is 5.75 Å². The Kier molecular flexibility index (Phi) is 10.2. The van der Waals surface area contributed by atoms with E-state index < -0.39 is 12.0 Å². The van der Waals surface area contributed by atoms with Gasteiger partial charge in [-0.3, -0.25) is 9.59 Å². The number of piperidine rings is 1. The zero-order chi connectivity index (χ0) is 31.2. The SMILES string of the molecule is COCCCc1cc(CN(C(=O)C2CN(C(=O)O)CCC2c2cc(=O)n(C)c3ccccc23)C2CC2)cc(OCCOC)c1. The summed E-state index contributed by atoms with van der Waals surface area (Å²) in [4.78, 5) is 43.0. The highest BCUT2D eigenvalue weighted by atomic mass is 16.5. The van der Waals surface area contributed by atoms with Gasteiger partial charge in [-0.1, -0.05) is 24.3 Å². The quantitative estimate of drug-likeness (QED) is 0.287. The topological polar surface area (TPSA) is 111 Å². The predicted octanol–water partition coefficient (Wildman–Crippen LogP) is 4.42. The van der Waals surface area contributed by atoms with Crippen molar-refractivity contribution in [1.82, 2.24) is 14.4 Å². The lowest BCUT2D eigenvalue weighted by atomic mass is 9.78. The molecule has 236 valence electrons. The van der Waals surface area contributed by atoms with Crippen molar-refractivity contribution in [3.8, 4) is 5.75 Å². The number of carboxylic acid groups (broad SMARTS) is 1. The molecule has 1 aliphatic heterocycles. The molecule has 1 N–H and O–H groups in total. The second-order valence-electron chi connectivity index (χ2n) is 11.9. The third-order valence-electron chi connectivity index (χ3n) is 8.81. The van der Waals surface area contributed by atoms with Crippen LogP contribution in [-0.2, 0) is 34.3 Å². The van der Waals surface area contributed by atoms with E-state index >= 15 is 0 Å². The van der Waals surface area contributed by atoms with E-state index in [1.807, 2.05) is 41.3 Å². The molecule has 2 aromatic carbocycles. The van der Waals surface area contributed by atoms with E-state index in [1.165, 1.54) is 4.90 Å². The lowest BCUT2D eigenvalue weighted by molar-refractivity contribution is -0.139. The summed E-state index contributed by atoms with van der Waals surface area (Å²) in [7, 11) is 5.07. The van der Waals surface area contributed by atoms with Gasteiger partial charge in [-0.25, -0.2) is 4.79 Å². The van der Waals surface area contributed by atoms with Crippen LogP contribution in [0.2, 0.25) is 0 Å². The van der Waals surface area contributed by atoms with Gasteiger partial charge in [0.15, 0.2) is 0 Å². The Labute approximate surface area is 258 Å². The first-order valence-corrected chi connectivity index (χ1v) is 15.4. The Morgan fingerprint density at radius 1 is 0.977 bits per heavy atom. The average molecular weight is 606 g/mol. The molecule has 5 rings (SSSR count). The molecule has 2 aliphatic rings. The molecule has 2 fully saturated rings. The number of pyridine rings is 1. The van der Waals surface area contributed by atoms with E-state index in [1.54, 1.807) is 31.9 Å². The molecule has 0 bridgehead atoms. The lowest BCUT2D eigenvalue weighted by Crippen LogP contribution is -2.50. The third kappa shape index (κ3) is 7.25. The summed E-state index contributed by atoms with van der Waals surface area (Å²) in [5, 5.41) is 10.8. The van der Waals surface area contributed by atoms with Crippen molar-refractivity contribution in [2.24, 2.45) is 13.0 Å². The van der Waals surface area contributed by atoms with Crippen LogP contribution in [-0.4, -0.2) is 84.6 Å². The lowest BCUT2D eigenvalue weighted by Gasteiger charge is -2.39. The second kappa shape index (κ2) is 14.3. The summed E-state index contributed by atoms with van der Waals surface area (Å²) < 4.78 is 18.0. The molecular formula is C34H43N3O7. The van der Waals surface area contributed by atoms with E-state index in [0.717, 1.165) is 59.0 Å². The highest BCUT2D eigenvalue weighted by molar-refractivity contribution is 5.86. The van der Waals surface area contributed by atoms with Gasteiger partial charge in [-0.05, 0) is 72.9 Å². The fraction of sp³-hybridized carbons (Fsp3) is 0.500. The van der Waals surface area contributed by atoms with Gasteiger partial charge in [0.05, 0.1) is 18.0 Å². The zero-order valence-corrected chi connectivity index (χ0v) is 25.9. The van der Waals surface area contributed by atoms with Crippen molar-refractivity contribution in [2.75, 3.05) is 47.1 Å². The number of aryl methyl sites for hydroxylation is 2. The number of carbonyl (C=O) groups is 2. The molecule has 3 aromatic rings. The number of para-hydroxylation sites is 1. The van der Waals surface area contributed by atoms with Crippen molar-refractivity contribution in [3.05, 3.63) is 75.6 Å². The van der Waals surface area contributed by atoms with Gasteiger partial charge in [0.1, 0.15) is 12.4 Å². The number of rotatable bonds is 13. The molecule has 2 unspecified atom stereocenters. The summed E-state index contributed by atoms with van der Waals surface area (Å²) >= 11 is 0. The number of benzene rings is 2. The Morgan fingerprint density at radius 2 is 1.73 bits per heavy atom. The molecular weight excluding hydrogens is 562 g/mol. The maximum atomic E-state index is 14.6. The fourth-order valence-corrected chi connectivity index (χ4v) is 6.39. The molecule has 0 spiro atoms. The molecule has 1 saturated carbocycles. The minimum absolute atomic E-state index is 0.0696. The van der Waals surface area contributed by atoms with E-state index in [-0.39, 0.29) is 30.0 Å². The number of carbonyl (C=O) groups excluding carboxylic acids is 1. The van der Waals surface area contributed by atoms with E-state index in [4.69, 9.17) is 14.2 Å². The number of nitrogens with zero attached hydrogens (tertiary/aromatic N) is 3. The Bertz CT molecular complexity index is 1500. The monoisotopic (exact) mass is 605 g/mol. The molecule has 2 heterocycles. The molecule has 1 aliphatic carbocycles. The van der Waals surface area contributed by atoms with Gasteiger partial charge in [0.25, 0.3) is 5.56 Å². The first kappa shape index (κ1) is 31.5. The molecule has 2 amide bonds. The summed E-state index contributed by atoms with van der Waals surface area (Å²) in [5.74, 6) is -0.237. The van der Waals surface area contributed by atoms with Gasteiger partial charge in [-0.2, -0.15) is 0 Å². The van der Waals surface area contributed by atoms with Crippen molar-refractivity contribution >= 4 is 22.9 Å². The smallest absolute Gasteiger partial charge is 0.407 e. The van der Waals surface area contributed by atoms with Crippen LogP contribution < -0.4 is 10.3 Å². The van der Waals surface area contributed by atoms with Gasteiger partial charge < -0.3 is 33.7 Å². The van der Waals surface area contributed by atoms with Crippen LogP contribution in [0.25, 0.3) is 10.9 Å². The minimum Gasteiger partial charge on any atom is -0.491 e. The summed E-state index contributed by atoms with van der Waals surface area (Å²) in [6.07, 6.45) is 2.92. The number of aromatic nitrogens is 1. The van der Waals surface area contributed by atoms with Gasteiger partial charge in [-0.15, -0.1) is 0 Å². The predicted molar refractivity (Wildman–Crippen MR) is 167 cm³/mol. The van der Waals surface area contributed by atoms with Crippen LogP contribution in [0.15, 0.2) is 53.3 Å². The summed E-state index contributed by atoms with van der Waals surface area (Å²) in [5.41, 5.74) is 3.54. The van der Waals surface area contributed by atoms with Gasteiger partial charge >= 0.3 is 6.09 Å². The highest BCUT2D eigenvalue weighted by Crippen LogP contribution is 2.40. The molecule has 10 nitrogen and oxygen atoms in total. The largest absolute Gasteiger partial charge is 0.491 e. The Balaban J connectivity index is 1.48. The van der Waals surface area contributed by atoms with Gasteiger partial charge in [0, 0.05) is 65.0 Å². The van der Waals surface area contributed by atoms with E-state index in [9.17, 15) is 19.5 Å². The number of fused-ring (bicyclic) bond motifs is 1. The Hall–Kier alpha value is -3.89. The molecule has 1 aromatic heterocycles. The molecule has 10 heteroatoms. The maximum Gasteiger partial charge on any atom is 0.407 e. The first-order chi connectivity index (χ1) is 21.3. The van der Waals surface area contributed by atoms with E-state index in [0.29, 0.717) is 39.3 Å². The van der Waals surface area contributed by atoms with Crippen LogP contribution in [0, 0.1) is 5.92 Å². The highest BCUT2D eigenvalue weighted by Gasteiger charge is 2.43. The van der Waals surface area contributed by atoms with Crippen LogP contribution in [0.4, 0.5) is 4.79 Å². The Morgan fingerprint density at radius 3 is 2.45 bits per heavy atom. The molecule has 1 saturated heterocycles. The molecule has 0 radical (unpaired) electrons. The van der Waals surface area contributed by atoms with Gasteiger partial charge in [0.2, 0.25) is 5.91 Å². The van der Waals surface area contributed by atoms with Crippen LogP contribution in [0.1, 0.15) is 48.3 Å². The molecule has 2 atom stereocenters. The number of likely N-dealkylation sites (tertiary alicyclic amines) is 1. The van der Waals surface area contributed by atoms with Crippen molar-refractivity contribution in [3.63, 3.8) is 0 Å². The first-order valence-electron chi connectivity index (χ1n) is 15.4. The number of hydrogen-bond donors (Lipinski definition) is 1. The van der Waals surface area contributed by atoms with E-state index in [2.05, 4.69) is 6.07 Å².